The van der Waals surface area contributed by atoms with Crippen LogP contribution in [-0.2, 0) is 4.74 Å². The summed E-state index contributed by atoms with van der Waals surface area (Å²) < 4.78 is 5.64. The van der Waals surface area contributed by atoms with E-state index in [0.717, 1.165) is 32.2 Å². The van der Waals surface area contributed by atoms with Gasteiger partial charge in [-0.15, -0.1) is 0 Å². The average molecular weight is 242 g/mol. The zero-order valence-electron chi connectivity index (χ0n) is 11.7. The van der Waals surface area contributed by atoms with Gasteiger partial charge in [0.15, 0.2) is 0 Å². The molecule has 0 unspecified atom stereocenters. The molecule has 102 valence electrons. The third-order valence-electron chi connectivity index (χ3n) is 3.38. The SMILES string of the molecule is CNCCCCCCN(C)CCOCC1CC1. The van der Waals surface area contributed by atoms with Crippen molar-refractivity contribution in [2.24, 2.45) is 5.92 Å². The first-order valence-electron chi connectivity index (χ1n) is 7.24. The molecular weight excluding hydrogens is 212 g/mol. The van der Waals surface area contributed by atoms with Crippen LogP contribution in [0.25, 0.3) is 0 Å². The Kier molecular flexibility index (Phi) is 8.67. The largest absolute Gasteiger partial charge is 0.380 e. The van der Waals surface area contributed by atoms with Crippen molar-refractivity contribution in [2.45, 2.75) is 38.5 Å². The van der Waals surface area contributed by atoms with Gasteiger partial charge in [0.25, 0.3) is 0 Å². The van der Waals surface area contributed by atoms with Crippen LogP contribution in [0.2, 0.25) is 0 Å². The van der Waals surface area contributed by atoms with E-state index in [9.17, 15) is 0 Å². The standard InChI is InChI=1S/C14H30N2O/c1-15-9-5-3-4-6-10-16(2)11-12-17-13-14-7-8-14/h14-15H,3-13H2,1-2H3. The Labute approximate surface area is 107 Å². The van der Waals surface area contributed by atoms with Gasteiger partial charge in [-0.25, -0.2) is 0 Å². The van der Waals surface area contributed by atoms with E-state index in [1.54, 1.807) is 0 Å². The molecule has 0 saturated heterocycles. The van der Waals surface area contributed by atoms with Crippen molar-refractivity contribution in [2.75, 3.05) is 46.9 Å². The number of hydrogen-bond donors (Lipinski definition) is 1. The number of likely N-dealkylation sites (N-methyl/N-ethyl adjacent to an activating group) is 1. The summed E-state index contributed by atoms with van der Waals surface area (Å²) in [6.45, 7) is 5.37. The minimum absolute atomic E-state index is 0.896. The van der Waals surface area contributed by atoms with Crippen LogP contribution >= 0.6 is 0 Å². The van der Waals surface area contributed by atoms with Crippen molar-refractivity contribution < 1.29 is 4.74 Å². The summed E-state index contributed by atoms with van der Waals surface area (Å²) in [5, 5.41) is 3.19. The molecule has 1 aliphatic rings. The molecule has 0 aromatic heterocycles. The molecule has 0 spiro atoms. The molecule has 1 rings (SSSR count). The van der Waals surface area contributed by atoms with Gasteiger partial charge in [-0.05, 0) is 58.8 Å². The van der Waals surface area contributed by atoms with Crippen LogP contribution < -0.4 is 5.32 Å². The van der Waals surface area contributed by atoms with E-state index < -0.39 is 0 Å². The number of nitrogens with one attached hydrogen (secondary N) is 1. The lowest BCUT2D eigenvalue weighted by Gasteiger charge is -2.16. The maximum absolute atomic E-state index is 5.64. The van der Waals surface area contributed by atoms with Crippen molar-refractivity contribution in [1.82, 2.24) is 10.2 Å². The van der Waals surface area contributed by atoms with Crippen molar-refractivity contribution in [1.29, 1.82) is 0 Å². The van der Waals surface area contributed by atoms with Crippen molar-refractivity contribution in [3.8, 4) is 0 Å². The van der Waals surface area contributed by atoms with Crippen LogP contribution in [-0.4, -0.2) is 51.8 Å². The van der Waals surface area contributed by atoms with Gasteiger partial charge in [0.05, 0.1) is 6.61 Å². The first-order valence-corrected chi connectivity index (χ1v) is 7.24. The molecule has 0 aliphatic heterocycles. The van der Waals surface area contributed by atoms with E-state index in [1.165, 1.54) is 45.1 Å². The van der Waals surface area contributed by atoms with Gasteiger partial charge in [-0.2, -0.15) is 0 Å². The fraction of sp³-hybridized carbons (Fsp3) is 1.00. The second-order valence-electron chi connectivity index (χ2n) is 5.34. The van der Waals surface area contributed by atoms with E-state index in [-0.39, 0.29) is 0 Å². The third-order valence-corrected chi connectivity index (χ3v) is 3.38. The number of ether oxygens (including phenoxy) is 1. The lowest BCUT2D eigenvalue weighted by Crippen LogP contribution is -2.24. The maximum Gasteiger partial charge on any atom is 0.0593 e. The molecule has 1 aliphatic carbocycles. The van der Waals surface area contributed by atoms with Gasteiger partial charge in [-0.3, -0.25) is 0 Å². The summed E-state index contributed by atoms with van der Waals surface area (Å²) >= 11 is 0. The van der Waals surface area contributed by atoms with Crippen molar-refractivity contribution >= 4 is 0 Å². The highest BCUT2D eigenvalue weighted by Gasteiger charge is 2.20. The first kappa shape index (κ1) is 14.9. The molecule has 1 saturated carbocycles. The lowest BCUT2D eigenvalue weighted by molar-refractivity contribution is 0.103. The highest BCUT2D eigenvalue weighted by molar-refractivity contribution is 4.71. The predicted molar refractivity (Wildman–Crippen MR) is 73.4 cm³/mol. The smallest absolute Gasteiger partial charge is 0.0593 e. The normalized spacial score (nSPS) is 15.7. The van der Waals surface area contributed by atoms with Gasteiger partial charge >= 0.3 is 0 Å². The Bertz CT molecular complexity index is 172. The van der Waals surface area contributed by atoms with Gasteiger partial charge in [0.2, 0.25) is 0 Å². The zero-order valence-corrected chi connectivity index (χ0v) is 11.7. The highest BCUT2D eigenvalue weighted by Crippen LogP contribution is 2.28. The monoisotopic (exact) mass is 242 g/mol. The average Bonchev–Trinajstić information content (AvgIpc) is 3.13. The summed E-state index contributed by atoms with van der Waals surface area (Å²) in [6.07, 6.45) is 8.13. The minimum atomic E-state index is 0.896. The highest BCUT2D eigenvalue weighted by atomic mass is 16.5. The van der Waals surface area contributed by atoms with Crippen LogP contribution in [0, 0.1) is 5.92 Å². The minimum Gasteiger partial charge on any atom is -0.380 e. The Morgan fingerprint density at radius 3 is 2.59 bits per heavy atom. The van der Waals surface area contributed by atoms with Crippen molar-refractivity contribution in [3.05, 3.63) is 0 Å². The molecule has 3 heteroatoms. The molecule has 0 radical (unpaired) electrons. The molecule has 3 nitrogen and oxygen atoms in total. The maximum atomic E-state index is 5.64. The van der Waals surface area contributed by atoms with E-state index in [2.05, 4.69) is 17.3 Å². The first-order chi connectivity index (χ1) is 8.33. The van der Waals surface area contributed by atoms with Gasteiger partial charge in [0, 0.05) is 13.2 Å². The summed E-state index contributed by atoms with van der Waals surface area (Å²) in [6, 6.07) is 0. The van der Waals surface area contributed by atoms with Gasteiger partial charge in [0.1, 0.15) is 0 Å². The fourth-order valence-electron chi connectivity index (χ4n) is 1.90. The number of rotatable bonds is 12. The Morgan fingerprint density at radius 1 is 1.12 bits per heavy atom. The van der Waals surface area contributed by atoms with Gasteiger partial charge in [-0.1, -0.05) is 12.8 Å². The second-order valence-corrected chi connectivity index (χ2v) is 5.34. The van der Waals surface area contributed by atoms with Crippen LogP contribution in [0.15, 0.2) is 0 Å². The predicted octanol–water partition coefficient (Wildman–Crippen LogP) is 2.12. The third kappa shape index (κ3) is 9.57. The Hall–Kier alpha value is -0.120. The van der Waals surface area contributed by atoms with E-state index in [1.807, 2.05) is 7.05 Å². The van der Waals surface area contributed by atoms with Crippen LogP contribution in [0.1, 0.15) is 38.5 Å². The fourth-order valence-corrected chi connectivity index (χ4v) is 1.90. The number of hydrogen-bond acceptors (Lipinski definition) is 3. The van der Waals surface area contributed by atoms with Crippen LogP contribution in [0.5, 0.6) is 0 Å². The Morgan fingerprint density at radius 2 is 1.88 bits per heavy atom. The summed E-state index contributed by atoms with van der Waals surface area (Å²) in [7, 11) is 4.23. The van der Waals surface area contributed by atoms with E-state index in [0.29, 0.717) is 0 Å². The molecule has 0 atom stereocenters. The van der Waals surface area contributed by atoms with Crippen LogP contribution in [0.3, 0.4) is 0 Å². The quantitative estimate of drug-likeness (QED) is 0.531. The molecule has 1 fully saturated rings. The summed E-state index contributed by atoms with van der Waals surface area (Å²) in [5.41, 5.74) is 0. The lowest BCUT2D eigenvalue weighted by atomic mass is 10.2. The van der Waals surface area contributed by atoms with E-state index in [4.69, 9.17) is 4.74 Å². The van der Waals surface area contributed by atoms with Crippen molar-refractivity contribution in [3.63, 3.8) is 0 Å². The molecular formula is C14H30N2O. The molecule has 0 bridgehead atoms. The number of nitrogens with zero attached hydrogens (tertiary/aromatic N) is 1. The molecule has 0 heterocycles. The van der Waals surface area contributed by atoms with Crippen LogP contribution in [0.4, 0.5) is 0 Å². The second kappa shape index (κ2) is 9.86. The molecule has 17 heavy (non-hydrogen) atoms. The topological polar surface area (TPSA) is 24.5 Å². The van der Waals surface area contributed by atoms with E-state index >= 15 is 0 Å². The summed E-state index contributed by atoms with van der Waals surface area (Å²) in [4.78, 5) is 2.39. The summed E-state index contributed by atoms with van der Waals surface area (Å²) in [5.74, 6) is 0.896. The Balaban J connectivity index is 1.75. The molecule has 0 amide bonds. The zero-order chi connectivity index (χ0) is 12.3. The number of unbranched alkanes of at least 4 members (excludes halogenated alkanes) is 3. The molecule has 0 aromatic carbocycles. The molecule has 0 aromatic rings. The molecule has 1 N–H and O–H groups in total. The van der Waals surface area contributed by atoms with Gasteiger partial charge < -0.3 is 15.0 Å².